The maximum absolute atomic E-state index is 12.9. The number of methoxy groups -OCH3 is 1. The summed E-state index contributed by atoms with van der Waals surface area (Å²) in [6.07, 6.45) is 9.89. The molecule has 3 aliphatic rings. The molecule has 1 fully saturated rings. The Bertz CT molecular complexity index is 1160. The van der Waals surface area contributed by atoms with Crippen LogP contribution in [-0.4, -0.2) is 50.8 Å². The smallest absolute Gasteiger partial charge is 0.233 e. The molecule has 1 N–H and O–H groups in total. The largest absolute Gasteiger partial charge is 0.493 e. The van der Waals surface area contributed by atoms with Crippen LogP contribution in [0.2, 0.25) is 5.02 Å². The Labute approximate surface area is 256 Å². The first-order chi connectivity index (χ1) is 19.8. The van der Waals surface area contributed by atoms with Crippen molar-refractivity contribution in [2.24, 2.45) is 23.7 Å². The van der Waals surface area contributed by atoms with Gasteiger partial charge in [0.2, 0.25) is 5.91 Å². The van der Waals surface area contributed by atoms with E-state index in [-0.39, 0.29) is 29.8 Å². The van der Waals surface area contributed by atoms with E-state index in [2.05, 4.69) is 54.8 Å². The number of fused-ring (bicyclic) bond motifs is 14. The summed E-state index contributed by atoms with van der Waals surface area (Å²) in [7, 11) is 4.06. The highest BCUT2D eigenvalue weighted by Gasteiger charge is 2.37. The van der Waals surface area contributed by atoms with Crippen molar-refractivity contribution in [1.29, 1.82) is 0 Å². The normalized spacial score (nSPS) is 29.4. The number of carbonyl (C=O) groups excluding carboxylic acids is 1. The molecule has 2 heterocycles. The number of nitrogens with one attached hydrogen (secondary N) is 1. The number of amides is 1. The van der Waals surface area contributed by atoms with Crippen molar-refractivity contribution < 1.29 is 14.3 Å². The fourth-order valence-corrected chi connectivity index (χ4v) is 6.96. The summed E-state index contributed by atoms with van der Waals surface area (Å²) in [4.78, 5) is 16.3. The monoisotopic (exact) mass is 598 g/mol. The van der Waals surface area contributed by atoms with Crippen molar-refractivity contribution in [2.75, 3.05) is 33.9 Å². The van der Waals surface area contributed by atoms with Crippen molar-refractivity contribution in [3.63, 3.8) is 0 Å². The SMILES string of the molecule is CCCc1cc(Cl)ccc1C1COc2ccc(cc2)SNC(=O)C(C)C(C)C/C=C/C(OC)C2CCC2CN(C)C1. The fraction of sp³-hybridized carbons (Fsp3) is 0.559. The zero-order valence-electron chi connectivity index (χ0n) is 25.3. The number of carbonyl (C=O) groups is 1. The number of hydrogen-bond acceptors (Lipinski definition) is 5. The van der Waals surface area contributed by atoms with Crippen molar-refractivity contribution in [3.8, 4) is 5.75 Å². The van der Waals surface area contributed by atoms with Crippen molar-refractivity contribution in [3.05, 3.63) is 70.8 Å². The molecule has 41 heavy (non-hydrogen) atoms. The summed E-state index contributed by atoms with van der Waals surface area (Å²) >= 11 is 7.78. The van der Waals surface area contributed by atoms with Crippen LogP contribution in [0.3, 0.4) is 0 Å². The van der Waals surface area contributed by atoms with Crippen LogP contribution < -0.4 is 9.46 Å². The maximum Gasteiger partial charge on any atom is 0.233 e. The molecule has 2 bridgehead atoms. The number of likely N-dealkylation sites (N-methyl/N-ethyl adjacent to an activating group) is 1. The third-order valence-corrected chi connectivity index (χ3v) is 10.0. The van der Waals surface area contributed by atoms with Crippen LogP contribution >= 0.6 is 23.5 Å². The zero-order chi connectivity index (χ0) is 29.4. The highest BCUT2D eigenvalue weighted by Crippen LogP contribution is 2.39. The molecule has 1 amide bonds. The van der Waals surface area contributed by atoms with Gasteiger partial charge in [0.1, 0.15) is 5.75 Å². The number of ether oxygens (including phenoxy) is 2. The Morgan fingerprint density at radius 1 is 1.12 bits per heavy atom. The predicted octanol–water partition coefficient (Wildman–Crippen LogP) is 7.78. The minimum absolute atomic E-state index is 0.0567. The lowest BCUT2D eigenvalue weighted by Crippen LogP contribution is -2.43. The average Bonchev–Trinajstić information content (AvgIpc) is 2.95. The Morgan fingerprint density at radius 3 is 2.59 bits per heavy atom. The van der Waals surface area contributed by atoms with Crippen LogP contribution in [0.1, 0.15) is 63.5 Å². The lowest BCUT2D eigenvalue weighted by molar-refractivity contribution is -0.123. The molecular weight excluding hydrogens is 552 g/mol. The van der Waals surface area contributed by atoms with Crippen LogP contribution in [-0.2, 0) is 16.0 Å². The van der Waals surface area contributed by atoms with Gasteiger partial charge in [-0.2, -0.15) is 0 Å². The van der Waals surface area contributed by atoms with Gasteiger partial charge in [-0.3, -0.25) is 9.52 Å². The number of halogens is 1. The first-order valence-corrected chi connectivity index (χ1v) is 16.3. The number of benzene rings is 2. The Hall–Kier alpha value is -1.99. The van der Waals surface area contributed by atoms with Crippen LogP contribution in [0.4, 0.5) is 0 Å². The Kier molecular flexibility index (Phi) is 12.1. The molecule has 5 nitrogen and oxygen atoms in total. The van der Waals surface area contributed by atoms with E-state index in [0.717, 1.165) is 48.0 Å². The van der Waals surface area contributed by atoms with Crippen molar-refractivity contribution in [1.82, 2.24) is 9.62 Å². The predicted molar refractivity (Wildman–Crippen MR) is 171 cm³/mol. The van der Waals surface area contributed by atoms with E-state index < -0.39 is 0 Å². The zero-order valence-corrected chi connectivity index (χ0v) is 26.8. The number of aryl methyl sites for hydroxylation is 1. The highest BCUT2D eigenvalue weighted by molar-refractivity contribution is 7.98. The third-order valence-electron chi connectivity index (χ3n) is 8.96. The van der Waals surface area contributed by atoms with E-state index in [4.69, 9.17) is 21.1 Å². The van der Waals surface area contributed by atoms with Gasteiger partial charge in [0, 0.05) is 42.0 Å². The van der Waals surface area contributed by atoms with Gasteiger partial charge in [-0.05, 0) is 110 Å². The second-order valence-electron chi connectivity index (χ2n) is 12.0. The van der Waals surface area contributed by atoms with Crippen LogP contribution in [0.25, 0.3) is 0 Å². The molecule has 0 spiro atoms. The van der Waals surface area contributed by atoms with Gasteiger partial charge >= 0.3 is 0 Å². The molecule has 5 rings (SSSR count). The second-order valence-corrected chi connectivity index (χ2v) is 13.3. The minimum atomic E-state index is -0.0858. The van der Waals surface area contributed by atoms with E-state index in [1.54, 1.807) is 0 Å². The van der Waals surface area contributed by atoms with Crippen LogP contribution in [0.15, 0.2) is 59.5 Å². The number of rotatable bonds is 4. The van der Waals surface area contributed by atoms with Gasteiger partial charge in [-0.25, -0.2) is 0 Å². The summed E-state index contributed by atoms with van der Waals surface area (Å²) in [6.45, 7) is 8.89. The molecular formula is C34H47ClN2O3S. The molecule has 6 atom stereocenters. The van der Waals surface area contributed by atoms with Crippen LogP contribution in [0, 0.1) is 23.7 Å². The minimum Gasteiger partial charge on any atom is -0.493 e. The number of nitrogens with zero attached hydrogens (tertiary/aromatic N) is 1. The van der Waals surface area contributed by atoms with E-state index in [1.165, 1.54) is 35.9 Å². The molecule has 7 heteroatoms. The lowest BCUT2D eigenvalue weighted by atomic mass is 9.70. The number of allylic oxidation sites excluding steroid dienone is 1. The van der Waals surface area contributed by atoms with Gasteiger partial charge in [-0.1, -0.05) is 57.0 Å². The average molecular weight is 599 g/mol. The molecule has 6 unspecified atom stereocenters. The van der Waals surface area contributed by atoms with Crippen LogP contribution in [0.5, 0.6) is 5.75 Å². The summed E-state index contributed by atoms with van der Waals surface area (Å²) in [5, 5.41) is 0.786. The topological polar surface area (TPSA) is 50.8 Å². The molecule has 1 saturated carbocycles. The molecule has 0 aromatic heterocycles. The Balaban J connectivity index is 1.59. The van der Waals surface area contributed by atoms with E-state index in [0.29, 0.717) is 18.4 Å². The summed E-state index contributed by atoms with van der Waals surface area (Å²) in [5.74, 6) is 2.36. The lowest BCUT2D eigenvalue weighted by Gasteiger charge is -2.42. The first kappa shape index (κ1) is 31.9. The molecule has 1 aliphatic carbocycles. The van der Waals surface area contributed by atoms with Crippen molar-refractivity contribution >= 4 is 29.5 Å². The van der Waals surface area contributed by atoms with E-state index in [1.807, 2.05) is 44.4 Å². The highest BCUT2D eigenvalue weighted by atomic mass is 35.5. The molecule has 0 saturated heterocycles. The first-order valence-electron chi connectivity index (χ1n) is 15.1. The summed E-state index contributed by atoms with van der Waals surface area (Å²) < 4.78 is 15.4. The van der Waals surface area contributed by atoms with Gasteiger partial charge in [0.15, 0.2) is 0 Å². The standard InChI is InChI=1S/C34H47ClN2O3S/c1-6-8-25-19-28(35)12-18-31(25)27-21-37(4)20-26-11-17-32(26)33(39-5)10-7-9-23(2)24(3)34(38)36-41-30-15-13-29(14-16-30)40-22-27/h7,10,12-16,18-19,23-24,26-27,32-33H,6,8-9,11,17,20-22H2,1-5H3,(H,36,38)/b10-7+. The summed E-state index contributed by atoms with van der Waals surface area (Å²) in [6, 6.07) is 14.3. The van der Waals surface area contributed by atoms with Gasteiger partial charge in [-0.15, -0.1) is 0 Å². The molecule has 2 aliphatic heterocycles. The second kappa shape index (κ2) is 15.5. The van der Waals surface area contributed by atoms with Gasteiger partial charge in [0.05, 0.1) is 12.7 Å². The van der Waals surface area contributed by atoms with Crippen molar-refractivity contribution in [2.45, 2.75) is 69.8 Å². The Morgan fingerprint density at radius 2 is 1.90 bits per heavy atom. The third kappa shape index (κ3) is 8.76. The molecule has 224 valence electrons. The molecule has 2 aromatic carbocycles. The number of hydrogen-bond donors (Lipinski definition) is 1. The summed E-state index contributed by atoms with van der Waals surface area (Å²) in [5.41, 5.74) is 2.63. The van der Waals surface area contributed by atoms with Gasteiger partial charge < -0.3 is 14.4 Å². The molecule has 2 aromatic rings. The van der Waals surface area contributed by atoms with Gasteiger partial charge in [0.25, 0.3) is 0 Å². The fourth-order valence-electron chi connectivity index (χ4n) is 6.09. The molecule has 0 radical (unpaired) electrons. The quantitative estimate of drug-likeness (QED) is 0.288. The maximum atomic E-state index is 12.9. The van der Waals surface area contributed by atoms with E-state index in [9.17, 15) is 4.79 Å². The van der Waals surface area contributed by atoms with E-state index >= 15 is 0 Å².